The fourth-order valence-electron chi connectivity index (χ4n) is 1.11. The van der Waals surface area contributed by atoms with Crippen LogP contribution in [0.15, 0.2) is 29.2 Å². The smallest absolute Gasteiger partial charge is 0.114 e. The molecular formula is C11H14N2S. The van der Waals surface area contributed by atoms with Gasteiger partial charge in [-0.3, -0.25) is 0 Å². The molecule has 0 aliphatic rings. The van der Waals surface area contributed by atoms with Crippen LogP contribution < -0.4 is 5.32 Å². The monoisotopic (exact) mass is 206 g/mol. The number of benzene rings is 1. The summed E-state index contributed by atoms with van der Waals surface area (Å²) in [6.07, 6.45) is 2.87. The third kappa shape index (κ3) is 2.97. The quantitative estimate of drug-likeness (QED) is 0.769. The third-order valence-electron chi connectivity index (χ3n) is 2.00. The van der Waals surface area contributed by atoms with Gasteiger partial charge in [0.1, 0.15) is 6.04 Å². The first-order valence-corrected chi connectivity index (χ1v) is 5.82. The van der Waals surface area contributed by atoms with Crippen molar-refractivity contribution >= 4 is 17.4 Å². The molecular weight excluding hydrogens is 192 g/mol. The molecule has 0 saturated carbocycles. The Morgan fingerprint density at radius 2 is 2.07 bits per heavy atom. The lowest BCUT2D eigenvalue weighted by molar-refractivity contribution is 0.845. The zero-order valence-electron chi connectivity index (χ0n) is 8.45. The average molecular weight is 206 g/mol. The maximum atomic E-state index is 8.77. The normalized spacial score (nSPS) is 11.8. The van der Waals surface area contributed by atoms with Crippen LogP contribution >= 0.6 is 11.8 Å². The number of thioether (sulfide) groups is 1. The molecule has 0 aliphatic carbocycles. The van der Waals surface area contributed by atoms with E-state index in [0.29, 0.717) is 0 Å². The summed E-state index contributed by atoms with van der Waals surface area (Å²) in [6.45, 7) is 2.00. The molecule has 1 aromatic carbocycles. The fraction of sp³-hybridized carbons (Fsp3) is 0.364. The van der Waals surface area contributed by atoms with Crippen LogP contribution in [-0.4, -0.2) is 12.3 Å². The molecule has 0 aromatic heterocycles. The number of hydrogen-bond acceptors (Lipinski definition) is 3. The van der Waals surface area contributed by atoms with E-state index in [2.05, 4.69) is 23.5 Å². The second-order valence-electron chi connectivity index (χ2n) is 2.96. The highest BCUT2D eigenvalue weighted by atomic mass is 32.2. The molecule has 0 spiro atoms. The summed E-state index contributed by atoms with van der Waals surface area (Å²) in [6, 6.07) is 10.2. The minimum Gasteiger partial charge on any atom is -0.370 e. The van der Waals surface area contributed by atoms with Crippen LogP contribution in [0.2, 0.25) is 0 Å². The molecule has 0 amide bonds. The van der Waals surface area contributed by atoms with Crippen LogP contribution in [0.4, 0.5) is 5.69 Å². The predicted molar refractivity (Wildman–Crippen MR) is 61.5 cm³/mol. The van der Waals surface area contributed by atoms with Crippen LogP contribution in [-0.2, 0) is 0 Å². The van der Waals surface area contributed by atoms with Gasteiger partial charge in [-0.05, 0) is 36.9 Å². The second-order valence-corrected chi connectivity index (χ2v) is 3.84. The SMILES string of the molecule is CCC(C#N)Nc1ccc(SC)cc1. The van der Waals surface area contributed by atoms with Crippen LogP contribution in [0.5, 0.6) is 0 Å². The number of rotatable bonds is 4. The minimum atomic E-state index is -0.0878. The summed E-state index contributed by atoms with van der Waals surface area (Å²) in [5.74, 6) is 0. The second kappa shape index (κ2) is 5.56. The summed E-state index contributed by atoms with van der Waals surface area (Å²) >= 11 is 1.72. The topological polar surface area (TPSA) is 35.8 Å². The van der Waals surface area contributed by atoms with Gasteiger partial charge < -0.3 is 5.32 Å². The van der Waals surface area contributed by atoms with E-state index in [9.17, 15) is 0 Å². The summed E-state index contributed by atoms with van der Waals surface area (Å²) in [7, 11) is 0. The maximum Gasteiger partial charge on any atom is 0.114 e. The van der Waals surface area contributed by atoms with Gasteiger partial charge in [0.15, 0.2) is 0 Å². The predicted octanol–water partition coefficient (Wildman–Crippen LogP) is 3.12. The lowest BCUT2D eigenvalue weighted by atomic mass is 10.2. The van der Waals surface area contributed by atoms with Crippen LogP contribution in [0, 0.1) is 11.3 Å². The van der Waals surface area contributed by atoms with Crippen molar-refractivity contribution in [3.63, 3.8) is 0 Å². The molecule has 0 fully saturated rings. The Hall–Kier alpha value is -1.14. The van der Waals surface area contributed by atoms with Gasteiger partial charge in [-0.25, -0.2) is 0 Å². The van der Waals surface area contributed by atoms with Gasteiger partial charge in [-0.2, -0.15) is 5.26 Å². The fourth-order valence-corrected chi connectivity index (χ4v) is 1.52. The van der Waals surface area contributed by atoms with E-state index in [1.165, 1.54) is 4.90 Å². The van der Waals surface area contributed by atoms with Crippen molar-refractivity contribution in [3.8, 4) is 6.07 Å². The van der Waals surface area contributed by atoms with Gasteiger partial charge in [-0.1, -0.05) is 6.92 Å². The largest absolute Gasteiger partial charge is 0.370 e. The third-order valence-corrected chi connectivity index (χ3v) is 2.74. The molecule has 3 heteroatoms. The molecule has 14 heavy (non-hydrogen) atoms. The highest BCUT2D eigenvalue weighted by Crippen LogP contribution is 2.18. The summed E-state index contributed by atoms with van der Waals surface area (Å²) < 4.78 is 0. The molecule has 2 nitrogen and oxygen atoms in total. The first-order valence-electron chi connectivity index (χ1n) is 4.60. The molecule has 74 valence electrons. The van der Waals surface area contributed by atoms with Crippen LogP contribution in [0.1, 0.15) is 13.3 Å². The molecule has 0 bridgehead atoms. The van der Waals surface area contributed by atoms with E-state index in [4.69, 9.17) is 5.26 Å². The van der Waals surface area contributed by atoms with Crippen molar-refractivity contribution in [3.05, 3.63) is 24.3 Å². The zero-order chi connectivity index (χ0) is 10.4. The zero-order valence-corrected chi connectivity index (χ0v) is 9.27. The first-order chi connectivity index (χ1) is 6.80. The van der Waals surface area contributed by atoms with Gasteiger partial charge in [0, 0.05) is 10.6 Å². The van der Waals surface area contributed by atoms with Crippen LogP contribution in [0.3, 0.4) is 0 Å². The minimum absolute atomic E-state index is 0.0878. The van der Waals surface area contributed by atoms with E-state index in [0.717, 1.165) is 12.1 Å². The lowest BCUT2D eigenvalue weighted by Crippen LogP contribution is -2.15. The molecule has 1 unspecified atom stereocenters. The first kappa shape index (κ1) is 10.9. The van der Waals surface area contributed by atoms with Crippen molar-refractivity contribution in [2.75, 3.05) is 11.6 Å². The molecule has 0 saturated heterocycles. The van der Waals surface area contributed by atoms with E-state index < -0.39 is 0 Å². The van der Waals surface area contributed by atoms with Gasteiger partial charge in [-0.15, -0.1) is 11.8 Å². The van der Waals surface area contributed by atoms with Crippen molar-refractivity contribution in [2.45, 2.75) is 24.3 Å². The highest BCUT2D eigenvalue weighted by Gasteiger charge is 2.02. The Kier molecular flexibility index (Phi) is 4.34. The van der Waals surface area contributed by atoms with Crippen LogP contribution in [0.25, 0.3) is 0 Å². The number of anilines is 1. The van der Waals surface area contributed by atoms with Gasteiger partial charge in [0.05, 0.1) is 6.07 Å². The van der Waals surface area contributed by atoms with Gasteiger partial charge >= 0.3 is 0 Å². The Morgan fingerprint density at radius 3 is 2.50 bits per heavy atom. The van der Waals surface area contributed by atoms with E-state index >= 15 is 0 Å². The summed E-state index contributed by atoms with van der Waals surface area (Å²) in [4.78, 5) is 1.24. The van der Waals surface area contributed by atoms with E-state index in [1.54, 1.807) is 11.8 Å². The van der Waals surface area contributed by atoms with Crippen molar-refractivity contribution < 1.29 is 0 Å². The highest BCUT2D eigenvalue weighted by molar-refractivity contribution is 7.98. The van der Waals surface area contributed by atoms with Crippen molar-refractivity contribution in [1.82, 2.24) is 0 Å². The Morgan fingerprint density at radius 1 is 1.43 bits per heavy atom. The molecule has 1 rings (SSSR count). The number of nitrogens with zero attached hydrogens (tertiary/aromatic N) is 1. The number of hydrogen-bond donors (Lipinski definition) is 1. The van der Waals surface area contributed by atoms with Gasteiger partial charge in [0.25, 0.3) is 0 Å². The molecule has 0 radical (unpaired) electrons. The molecule has 0 heterocycles. The lowest BCUT2D eigenvalue weighted by Gasteiger charge is -2.10. The Bertz CT molecular complexity index is 313. The number of nitrogens with one attached hydrogen (secondary N) is 1. The number of nitriles is 1. The van der Waals surface area contributed by atoms with E-state index in [1.807, 2.05) is 25.3 Å². The van der Waals surface area contributed by atoms with Crippen molar-refractivity contribution in [2.24, 2.45) is 0 Å². The average Bonchev–Trinajstić information content (AvgIpc) is 2.26. The van der Waals surface area contributed by atoms with E-state index in [-0.39, 0.29) is 6.04 Å². The Labute approximate surface area is 89.3 Å². The molecule has 0 aliphatic heterocycles. The molecule has 1 aromatic rings. The molecule has 1 N–H and O–H groups in total. The standard InChI is InChI=1S/C11H14N2S/c1-3-9(8-12)13-10-4-6-11(14-2)7-5-10/h4-7,9,13H,3H2,1-2H3. The Balaban J connectivity index is 2.64. The maximum absolute atomic E-state index is 8.77. The molecule has 1 atom stereocenters. The summed E-state index contributed by atoms with van der Waals surface area (Å²) in [5, 5.41) is 11.9. The van der Waals surface area contributed by atoms with Crippen molar-refractivity contribution in [1.29, 1.82) is 5.26 Å². The summed E-state index contributed by atoms with van der Waals surface area (Å²) in [5.41, 5.74) is 1.01. The van der Waals surface area contributed by atoms with Gasteiger partial charge in [0.2, 0.25) is 0 Å².